The van der Waals surface area contributed by atoms with E-state index in [0.717, 1.165) is 12.8 Å². The molecule has 1 aliphatic carbocycles. The van der Waals surface area contributed by atoms with Crippen LogP contribution in [0.5, 0.6) is 0 Å². The van der Waals surface area contributed by atoms with Gasteiger partial charge in [-0.2, -0.15) is 0 Å². The first kappa shape index (κ1) is 13.9. The van der Waals surface area contributed by atoms with Gasteiger partial charge in [-0.3, -0.25) is 0 Å². The van der Waals surface area contributed by atoms with Crippen LogP contribution in [0.3, 0.4) is 0 Å². The van der Waals surface area contributed by atoms with Crippen LogP contribution in [0.15, 0.2) is 24.3 Å². The minimum Gasteiger partial charge on any atom is -0.448 e. The average molecular weight is 262 g/mol. The minimum absolute atomic E-state index is 0.196. The van der Waals surface area contributed by atoms with Crippen molar-refractivity contribution in [2.75, 3.05) is 13.2 Å². The molecule has 0 saturated heterocycles. The van der Waals surface area contributed by atoms with Gasteiger partial charge in [-0.15, -0.1) is 0 Å². The fraction of sp³-hybridized carbons (Fsp3) is 0.533. The van der Waals surface area contributed by atoms with Crippen LogP contribution >= 0.6 is 0 Å². The Morgan fingerprint density at radius 3 is 2.95 bits per heavy atom. The van der Waals surface area contributed by atoms with Crippen LogP contribution in [0.25, 0.3) is 0 Å². The molecule has 0 aromatic heterocycles. The highest BCUT2D eigenvalue weighted by Gasteiger charge is 2.35. The number of fused-ring (bicyclic) bond motifs is 1. The molecule has 1 atom stereocenters. The Kier molecular flexibility index (Phi) is 4.10. The Bertz CT molecular complexity index is 457. The normalized spacial score (nSPS) is 20.6. The first-order chi connectivity index (χ1) is 9.00. The summed E-state index contributed by atoms with van der Waals surface area (Å²) < 4.78 is 4.77. The van der Waals surface area contributed by atoms with Crippen LogP contribution in [0.2, 0.25) is 0 Å². The van der Waals surface area contributed by atoms with Crippen molar-refractivity contribution in [3.63, 3.8) is 0 Å². The fourth-order valence-corrected chi connectivity index (χ4v) is 2.81. The molecule has 1 aromatic carbocycles. The Morgan fingerprint density at radius 2 is 2.21 bits per heavy atom. The quantitative estimate of drug-likeness (QED) is 0.819. The van der Waals surface area contributed by atoms with E-state index in [1.165, 1.54) is 11.1 Å². The van der Waals surface area contributed by atoms with E-state index in [0.29, 0.717) is 13.2 Å². The number of carbonyl (C=O) groups excluding carboxylic acids is 1. The van der Waals surface area contributed by atoms with E-state index in [4.69, 9.17) is 10.5 Å². The zero-order valence-corrected chi connectivity index (χ0v) is 11.6. The molecule has 0 saturated carbocycles. The Labute approximate surface area is 114 Å². The van der Waals surface area contributed by atoms with Crippen molar-refractivity contribution in [3.05, 3.63) is 35.4 Å². The topological polar surface area (TPSA) is 64.3 Å². The maximum atomic E-state index is 10.5. The van der Waals surface area contributed by atoms with Gasteiger partial charge in [0.2, 0.25) is 0 Å². The molecule has 2 rings (SSSR count). The summed E-state index contributed by atoms with van der Waals surface area (Å²) in [5.74, 6) is 0. The molecule has 0 aliphatic heterocycles. The molecule has 0 radical (unpaired) electrons. The molecule has 4 heteroatoms. The summed E-state index contributed by atoms with van der Waals surface area (Å²) in [6.07, 6.45) is 1.56. The first-order valence-corrected chi connectivity index (χ1v) is 6.74. The standard InChI is InChI=1S/C15H22N2O2/c1-15(2)8-7-11-5-3-4-6-12(11)13(15)17-9-10-19-14(16)18/h3-6,13,17H,7-10H2,1-2H3,(H2,16,18). The molecule has 1 aromatic rings. The lowest BCUT2D eigenvalue weighted by atomic mass is 9.70. The third-order valence-corrected chi connectivity index (χ3v) is 3.88. The predicted molar refractivity (Wildman–Crippen MR) is 74.8 cm³/mol. The SMILES string of the molecule is CC1(C)CCc2ccccc2C1NCCOC(N)=O. The zero-order valence-electron chi connectivity index (χ0n) is 11.6. The van der Waals surface area contributed by atoms with Gasteiger partial charge in [-0.25, -0.2) is 4.79 Å². The van der Waals surface area contributed by atoms with E-state index in [2.05, 4.69) is 43.4 Å². The molecule has 0 bridgehead atoms. The van der Waals surface area contributed by atoms with Crippen LogP contribution in [-0.2, 0) is 11.2 Å². The molecule has 1 aliphatic rings. The largest absolute Gasteiger partial charge is 0.448 e. The van der Waals surface area contributed by atoms with Gasteiger partial charge in [0.1, 0.15) is 6.61 Å². The number of carbonyl (C=O) groups is 1. The number of benzene rings is 1. The first-order valence-electron chi connectivity index (χ1n) is 6.74. The van der Waals surface area contributed by atoms with Crippen LogP contribution < -0.4 is 11.1 Å². The van der Waals surface area contributed by atoms with Crippen LogP contribution in [0, 0.1) is 5.41 Å². The number of nitrogens with two attached hydrogens (primary N) is 1. The van der Waals surface area contributed by atoms with Crippen molar-refractivity contribution in [2.24, 2.45) is 11.1 Å². The van der Waals surface area contributed by atoms with Gasteiger partial charge in [-0.05, 0) is 29.4 Å². The molecule has 19 heavy (non-hydrogen) atoms. The summed E-state index contributed by atoms with van der Waals surface area (Å²) in [6, 6.07) is 8.83. The maximum Gasteiger partial charge on any atom is 0.404 e. The molecule has 0 fully saturated rings. The summed E-state index contributed by atoms with van der Waals surface area (Å²) in [5.41, 5.74) is 7.92. The summed E-state index contributed by atoms with van der Waals surface area (Å²) in [6.45, 7) is 5.47. The maximum absolute atomic E-state index is 10.5. The van der Waals surface area contributed by atoms with Crippen molar-refractivity contribution >= 4 is 6.09 Å². The number of aryl methyl sites for hydroxylation is 1. The molecule has 104 valence electrons. The lowest BCUT2D eigenvalue weighted by Gasteiger charge is -2.40. The second-order valence-corrected chi connectivity index (χ2v) is 5.74. The third-order valence-electron chi connectivity index (χ3n) is 3.88. The number of primary amides is 1. The number of ether oxygens (including phenoxy) is 1. The fourth-order valence-electron chi connectivity index (χ4n) is 2.81. The van der Waals surface area contributed by atoms with Gasteiger partial charge in [-0.1, -0.05) is 38.1 Å². The zero-order chi connectivity index (χ0) is 13.9. The lowest BCUT2D eigenvalue weighted by molar-refractivity contribution is 0.147. The predicted octanol–water partition coefficient (Wildman–Crippen LogP) is 2.38. The summed E-state index contributed by atoms with van der Waals surface area (Å²) in [5, 5.41) is 3.49. The van der Waals surface area contributed by atoms with Gasteiger partial charge in [0, 0.05) is 12.6 Å². The highest BCUT2D eigenvalue weighted by molar-refractivity contribution is 5.64. The van der Waals surface area contributed by atoms with E-state index in [-0.39, 0.29) is 11.5 Å². The van der Waals surface area contributed by atoms with Gasteiger partial charge < -0.3 is 15.8 Å². The minimum atomic E-state index is -0.717. The van der Waals surface area contributed by atoms with Gasteiger partial charge >= 0.3 is 6.09 Å². The van der Waals surface area contributed by atoms with E-state index in [1.54, 1.807) is 0 Å². The third kappa shape index (κ3) is 3.26. The Morgan fingerprint density at radius 1 is 1.47 bits per heavy atom. The Balaban J connectivity index is 2.06. The van der Waals surface area contributed by atoms with E-state index >= 15 is 0 Å². The molecule has 0 spiro atoms. The number of hydrogen-bond acceptors (Lipinski definition) is 3. The molecule has 3 N–H and O–H groups in total. The summed E-state index contributed by atoms with van der Waals surface area (Å²) in [7, 11) is 0. The van der Waals surface area contributed by atoms with E-state index in [1.807, 2.05) is 0 Å². The molecule has 4 nitrogen and oxygen atoms in total. The van der Waals surface area contributed by atoms with Crippen molar-refractivity contribution in [3.8, 4) is 0 Å². The van der Waals surface area contributed by atoms with Crippen LogP contribution in [0.1, 0.15) is 37.4 Å². The van der Waals surface area contributed by atoms with Gasteiger partial charge in [0.05, 0.1) is 0 Å². The lowest BCUT2D eigenvalue weighted by Crippen LogP contribution is -2.39. The van der Waals surface area contributed by atoms with Crippen molar-refractivity contribution in [1.29, 1.82) is 0 Å². The van der Waals surface area contributed by atoms with Crippen molar-refractivity contribution in [2.45, 2.75) is 32.7 Å². The van der Waals surface area contributed by atoms with Crippen LogP contribution in [0.4, 0.5) is 4.79 Å². The highest BCUT2D eigenvalue weighted by Crippen LogP contribution is 2.43. The van der Waals surface area contributed by atoms with Gasteiger partial charge in [0.25, 0.3) is 0 Å². The highest BCUT2D eigenvalue weighted by atomic mass is 16.5. The molecule has 0 heterocycles. The average Bonchev–Trinajstić information content (AvgIpc) is 2.36. The number of amides is 1. The monoisotopic (exact) mass is 262 g/mol. The molecule has 1 amide bonds. The summed E-state index contributed by atoms with van der Waals surface area (Å²) >= 11 is 0. The summed E-state index contributed by atoms with van der Waals surface area (Å²) in [4.78, 5) is 10.5. The number of hydrogen-bond donors (Lipinski definition) is 2. The van der Waals surface area contributed by atoms with E-state index in [9.17, 15) is 4.79 Å². The molecular formula is C15H22N2O2. The van der Waals surface area contributed by atoms with Gasteiger partial charge in [0.15, 0.2) is 0 Å². The molecular weight excluding hydrogens is 240 g/mol. The Hall–Kier alpha value is -1.55. The smallest absolute Gasteiger partial charge is 0.404 e. The second kappa shape index (κ2) is 5.61. The van der Waals surface area contributed by atoms with Crippen molar-refractivity contribution < 1.29 is 9.53 Å². The van der Waals surface area contributed by atoms with E-state index < -0.39 is 6.09 Å². The van der Waals surface area contributed by atoms with Crippen molar-refractivity contribution in [1.82, 2.24) is 5.32 Å². The molecule has 1 unspecified atom stereocenters. The number of nitrogens with one attached hydrogen (secondary N) is 1. The van der Waals surface area contributed by atoms with Crippen LogP contribution in [-0.4, -0.2) is 19.2 Å². The second-order valence-electron chi connectivity index (χ2n) is 5.74. The number of rotatable bonds is 4.